The van der Waals surface area contributed by atoms with Crippen LogP contribution in [0.4, 0.5) is 0 Å². The van der Waals surface area contributed by atoms with Gasteiger partial charge >= 0.3 is 0 Å². The van der Waals surface area contributed by atoms with Crippen molar-refractivity contribution in [2.75, 3.05) is 31.1 Å². The number of carbonyl (C=O) groups excluding carboxylic acids is 2. The van der Waals surface area contributed by atoms with Crippen LogP contribution >= 0.6 is 0 Å². The summed E-state index contributed by atoms with van der Waals surface area (Å²) >= 11 is 0. The third-order valence-electron chi connectivity index (χ3n) is 6.88. The first-order chi connectivity index (χ1) is 15.6. The molecular formula is C22H31N3O6S2. The molecule has 0 aliphatic carbocycles. The monoisotopic (exact) mass is 497 g/mol. The smallest absolute Gasteiger partial charge is 0.243 e. The molecule has 0 saturated carbocycles. The predicted octanol–water partition coefficient (Wildman–Crippen LogP) is 0.690. The standard InChI is InChI=1S/C22H31N3O6S2/c1-16-4-6-19(7-5-16)33(30,31)24-12-8-17(9-13-24)22(27)25-11-2-3-20(25)21(26)23-18-10-14-32(28,29)15-18/h4-7,17-18,20H,2-3,8-15H2,1H3,(H,23,26)/t18-,20-/m0/s1. The lowest BCUT2D eigenvalue weighted by Crippen LogP contribution is -2.51. The molecule has 33 heavy (non-hydrogen) atoms. The summed E-state index contributed by atoms with van der Waals surface area (Å²) in [4.78, 5) is 27.8. The normalized spacial score (nSPS) is 26.4. The molecule has 3 heterocycles. The molecule has 1 aromatic rings. The summed E-state index contributed by atoms with van der Waals surface area (Å²) < 4.78 is 50.6. The maximum Gasteiger partial charge on any atom is 0.243 e. The topological polar surface area (TPSA) is 121 Å². The Morgan fingerprint density at radius 1 is 1.00 bits per heavy atom. The van der Waals surface area contributed by atoms with Gasteiger partial charge in [0.15, 0.2) is 9.84 Å². The number of benzene rings is 1. The van der Waals surface area contributed by atoms with Gasteiger partial charge in [-0.2, -0.15) is 4.31 Å². The Morgan fingerprint density at radius 2 is 1.67 bits per heavy atom. The SMILES string of the molecule is Cc1ccc(S(=O)(=O)N2CCC(C(=O)N3CCC[C@H]3C(=O)N[C@H]3CCS(=O)(=O)C3)CC2)cc1. The first kappa shape index (κ1) is 24.2. The molecule has 0 unspecified atom stereocenters. The Labute approximate surface area is 195 Å². The molecule has 3 aliphatic heterocycles. The molecule has 4 rings (SSSR count). The quantitative estimate of drug-likeness (QED) is 0.639. The molecule has 3 aliphatic rings. The summed E-state index contributed by atoms with van der Waals surface area (Å²) in [5.74, 6) is -0.695. The maximum atomic E-state index is 13.2. The van der Waals surface area contributed by atoms with Gasteiger partial charge in [0, 0.05) is 31.6 Å². The second kappa shape index (κ2) is 9.34. The maximum absolute atomic E-state index is 13.2. The molecule has 2 amide bonds. The molecule has 3 fully saturated rings. The van der Waals surface area contributed by atoms with Crippen LogP contribution in [0.5, 0.6) is 0 Å². The Hall–Kier alpha value is -1.98. The second-order valence-electron chi connectivity index (χ2n) is 9.29. The third-order valence-corrected chi connectivity index (χ3v) is 10.6. The fourth-order valence-corrected chi connectivity index (χ4v) is 8.09. The first-order valence-corrected chi connectivity index (χ1v) is 14.7. The van der Waals surface area contributed by atoms with E-state index in [1.54, 1.807) is 29.2 Å². The van der Waals surface area contributed by atoms with E-state index in [9.17, 15) is 26.4 Å². The van der Waals surface area contributed by atoms with E-state index >= 15 is 0 Å². The Morgan fingerprint density at radius 3 is 2.27 bits per heavy atom. The average Bonchev–Trinajstić information content (AvgIpc) is 3.40. The molecular weight excluding hydrogens is 466 g/mol. The lowest BCUT2D eigenvalue weighted by Gasteiger charge is -2.34. The number of likely N-dealkylation sites (tertiary alicyclic amines) is 1. The molecule has 0 radical (unpaired) electrons. The number of sulfonamides is 1. The van der Waals surface area contributed by atoms with Crippen LogP contribution in [0, 0.1) is 12.8 Å². The van der Waals surface area contributed by atoms with Gasteiger partial charge in [0.1, 0.15) is 6.04 Å². The Bertz CT molecular complexity index is 1110. The van der Waals surface area contributed by atoms with Gasteiger partial charge in [-0.1, -0.05) is 17.7 Å². The number of nitrogens with one attached hydrogen (secondary N) is 1. The van der Waals surface area contributed by atoms with E-state index in [0.29, 0.717) is 38.6 Å². The number of amides is 2. The molecule has 0 bridgehead atoms. The van der Waals surface area contributed by atoms with Gasteiger partial charge in [0.05, 0.1) is 16.4 Å². The van der Waals surface area contributed by atoms with Gasteiger partial charge in [-0.25, -0.2) is 16.8 Å². The van der Waals surface area contributed by atoms with Crippen molar-refractivity contribution in [1.29, 1.82) is 0 Å². The van der Waals surface area contributed by atoms with Crippen LogP contribution in [0.3, 0.4) is 0 Å². The zero-order valence-corrected chi connectivity index (χ0v) is 20.4. The molecule has 3 saturated heterocycles. The highest BCUT2D eigenvalue weighted by atomic mass is 32.2. The largest absolute Gasteiger partial charge is 0.351 e. The van der Waals surface area contributed by atoms with E-state index in [1.807, 2.05) is 6.92 Å². The highest BCUT2D eigenvalue weighted by Crippen LogP contribution is 2.28. The van der Waals surface area contributed by atoms with Gasteiger partial charge in [-0.3, -0.25) is 9.59 Å². The minimum Gasteiger partial charge on any atom is -0.351 e. The van der Waals surface area contributed by atoms with Crippen LogP contribution in [0.2, 0.25) is 0 Å². The molecule has 9 nitrogen and oxygen atoms in total. The lowest BCUT2D eigenvalue weighted by atomic mass is 9.96. The van der Waals surface area contributed by atoms with Crippen molar-refractivity contribution in [3.8, 4) is 0 Å². The van der Waals surface area contributed by atoms with Crippen molar-refractivity contribution in [2.45, 2.75) is 56.0 Å². The second-order valence-corrected chi connectivity index (χ2v) is 13.5. The molecule has 1 aromatic carbocycles. The van der Waals surface area contributed by atoms with Gasteiger partial charge in [0.2, 0.25) is 21.8 Å². The van der Waals surface area contributed by atoms with Crippen molar-refractivity contribution in [3.63, 3.8) is 0 Å². The molecule has 1 N–H and O–H groups in total. The van der Waals surface area contributed by atoms with E-state index in [1.165, 1.54) is 4.31 Å². The summed E-state index contributed by atoms with van der Waals surface area (Å²) in [6.45, 7) is 2.91. The zero-order chi connectivity index (χ0) is 23.8. The summed E-state index contributed by atoms with van der Waals surface area (Å²) in [6, 6.07) is 5.76. The number of hydrogen-bond donors (Lipinski definition) is 1. The predicted molar refractivity (Wildman–Crippen MR) is 123 cm³/mol. The summed E-state index contributed by atoms with van der Waals surface area (Å²) in [5, 5.41) is 2.81. The highest BCUT2D eigenvalue weighted by Gasteiger charge is 2.40. The summed E-state index contributed by atoms with van der Waals surface area (Å²) in [5.41, 5.74) is 0.983. The Kier molecular flexibility index (Phi) is 6.84. The van der Waals surface area contributed by atoms with E-state index in [-0.39, 0.29) is 47.2 Å². The van der Waals surface area contributed by atoms with Crippen molar-refractivity contribution in [2.24, 2.45) is 5.92 Å². The van der Waals surface area contributed by atoms with E-state index in [0.717, 1.165) is 5.56 Å². The van der Waals surface area contributed by atoms with Crippen LogP contribution in [-0.2, 0) is 29.4 Å². The third kappa shape index (κ3) is 5.25. The van der Waals surface area contributed by atoms with Gasteiger partial charge in [-0.05, 0) is 51.2 Å². The van der Waals surface area contributed by atoms with Crippen molar-refractivity contribution in [1.82, 2.24) is 14.5 Å². The summed E-state index contributed by atoms with van der Waals surface area (Å²) in [7, 11) is -6.70. The number of aryl methyl sites for hydroxylation is 1. The fourth-order valence-electron chi connectivity index (χ4n) is 4.95. The van der Waals surface area contributed by atoms with Crippen molar-refractivity contribution >= 4 is 31.7 Å². The zero-order valence-electron chi connectivity index (χ0n) is 18.8. The number of hydrogen-bond acceptors (Lipinski definition) is 6. The summed E-state index contributed by atoms with van der Waals surface area (Å²) in [6.07, 6.45) is 2.50. The van der Waals surface area contributed by atoms with E-state index in [4.69, 9.17) is 0 Å². The minimum atomic E-state index is -3.60. The average molecular weight is 498 g/mol. The molecule has 0 aromatic heterocycles. The number of rotatable bonds is 5. The number of sulfone groups is 1. The van der Waals surface area contributed by atoms with E-state index in [2.05, 4.69) is 5.32 Å². The number of carbonyl (C=O) groups is 2. The van der Waals surface area contributed by atoms with E-state index < -0.39 is 31.9 Å². The van der Waals surface area contributed by atoms with Gasteiger partial charge < -0.3 is 10.2 Å². The van der Waals surface area contributed by atoms with Crippen molar-refractivity contribution in [3.05, 3.63) is 29.8 Å². The minimum absolute atomic E-state index is 0.0483. The van der Waals surface area contributed by atoms with Crippen LogP contribution in [0.1, 0.15) is 37.7 Å². The Balaban J connectivity index is 1.35. The van der Waals surface area contributed by atoms with Gasteiger partial charge in [0.25, 0.3) is 0 Å². The van der Waals surface area contributed by atoms with Crippen LogP contribution in [0.15, 0.2) is 29.2 Å². The number of piperidine rings is 1. The van der Waals surface area contributed by atoms with Crippen LogP contribution < -0.4 is 5.32 Å². The molecule has 0 spiro atoms. The number of nitrogens with zero attached hydrogens (tertiary/aromatic N) is 2. The lowest BCUT2D eigenvalue weighted by molar-refractivity contribution is -0.142. The molecule has 182 valence electrons. The van der Waals surface area contributed by atoms with Crippen LogP contribution in [-0.4, -0.2) is 81.1 Å². The van der Waals surface area contributed by atoms with Gasteiger partial charge in [-0.15, -0.1) is 0 Å². The van der Waals surface area contributed by atoms with Crippen LogP contribution in [0.25, 0.3) is 0 Å². The first-order valence-electron chi connectivity index (χ1n) is 11.4. The fraction of sp³-hybridized carbons (Fsp3) is 0.636. The molecule has 11 heteroatoms. The highest BCUT2D eigenvalue weighted by molar-refractivity contribution is 7.91. The molecule has 2 atom stereocenters. The van der Waals surface area contributed by atoms with Crippen molar-refractivity contribution < 1.29 is 26.4 Å².